The lowest BCUT2D eigenvalue weighted by Crippen LogP contribution is -2.63. The van der Waals surface area contributed by atoms with Gasteiger partial charge in [-0.15, -0.1) is 0 Å². The third-order valence-electron chi connectivity index (χ3n) is 16.3. The van der Waals surface area contributed by atoms with E-state index in [1.54, 1.807) is 45.2 Å². The fourth-order valence-electron chi connectivity index (χ4n) is 10.7. The van der Waals surface area contributed by atoms with Gasteiger partial charge in [-0.1, -0.05) is 106 Å². The number of aliphatic hydroxyl groups is 1. The minimum atomic E-state index is -1.89. The molecule has 3 aliphatic rings. The molecule has 2 aromatic rings. The molecule has 24 heteroatoms. The molecule has 5 rings (SSSR count). The number of nitrogens with two attached hydrogens (primary N) is 1. The van der Waals surface area contributed by atoms with Gasteiger partial charge in [0.2, 0.25) is 11.8 Å². The number of ketones is 2. The van der Waals surface area contributed by atoms with Crippen LogP contribution in [0.2, 0.25) is 5.02 Å². The summed E-state index contributed by atoms with van der Waals surface area (Å²) in [6, 6.07) is 6.98. The van der Waals surface area contributed by atoms with Crippen LogP contribution in [-0.4, -0.2) is 156 Å². The number of ether oxygens (including phenoxy) is 5. The number of alkyl carbamates (subject to hydrolysis) is 1. The number of hydrogen-bond donors (Lipinski definition) is 5. The number of allylic oxidation sites excluding steroid dienone is 3. The first-order valence-corrected chi connectivity index (χ1v) is 31.7. The maximum atomic E-state index is 14.5. The molecule has 0 spiro atoms. The first-order valence-electron chi connectivity index (χ1n) is 29.1. The number of rotatable bonds is 26. The predicted octanol–water partition coefficient (Wildman–Crippen LogP) is 7.91. The van der Waals surface area contributed by atoms with Crippen molar-refractivity contribution < 1.29 is 71.9 Å². The summed E-state index contributed by atoms with van der Waals surface area (Å²) in [5.74, 6) is -4.99. The van der Waals surface area contributed by atoms with Crippen LogP contribution in [0.15, 0.2) is 60.2 Å². The Labute approximate surface area is 526 Å². The Hall–Kier alpha value is -5.72. The molecule has 0 unspecified atom stereocenters. The first-order chi connectivity index (χ1) is 40.6. The van der Waals surface area contributed by atoms with Crippen molar-refractivity contribution >= 4 is 102 Å². The van der Waals surface area contributed by atoms with E-state index in [9.17, 15) is 48.3 Å². The van der Waals surface area contributed by atoms with Gasteiger partial charge < -0.3 is 55.0 Å². The van der Waals surface area contributed by atoms with Gasteiger partial charge in [0.15, 0.2) is 11.5 Å². The van der Waals surface area contributed by atoms with Gasteiger partial charge in [-0.05, 0) is 107 Å². The molecule has 474 valence electrons. The number of aryl methyl sites for hydroxylation is 1. The van der Waals surface area contributed by atoms with Crippen LogP contribution in [0.1, 0.15) is 126 Å². The number of primary amides is 1. The fourth-order valence-corrected chi connectivity index (χ4v) is 12.5. The van der Waals surface area contributed by atoms with Gasteiger partial charge in [-0.2, -0.15) is 0 Å². The quantitative estimate of drug-likeness (QED) is 0.0197. The summed E-state index contributed by atoms with van der Waals surface area (Å²) in [7, 11) is 4.42. The number of carbonyl (C=O) groups is 9. The number of likely N-dealkylation sites (N-methyl/N-ethyl adjacent to an activating group) is 1. The Bertz CT molecular complexity index is 2830. The zero-order chi connectivity index (χ0) is 63.8. The lowest BCUT2D eigenvalue weighted by Gasteiger charge is -2.42. The number of fused-ring (bicyclic) bond motifs is 5. The maximum Gasteiger partial charge on any atom is 0.409 e. The van der Waals surface area contributed by atoms with Crippen LogP contribution in [0.4, 0.5) is 15.3 Å². The average Bonchev–Trinajstić information content (AvgIpc) is 1.61. The number of nitrogens with zero attached hydrogens (tertiary/aromatic N) is 2. The number of unbranched alkanes of at least 4 members (excludes halogenated alkanes) is 2. The number of nitrogens with one attached hydrogen (secondary N) is 3. The summed E-state index contributed by atoms with van der Waals surface area (Å²) in [5.41, 5.74) is 5.68. The highest BCUT2D eigenvalue weighted by Crippen LogP contribution is 2.49. The van der Waals surface area contributed by atoms with Crippen molar-refractivity contribution in [1.29, 1.82) is 0 Å². The summed E-state index contributed by atoms with van der Waals surface area (Å²) < 4.78 is 29.3. The van der Waals surface area contributed by atoms with E-state index in [0.717, 1.165) is 16.7 Å². The van der Waals surface area contributed by atoms with Crippen LogP contribution in [0, 0.1) is 30.6 Å². The molecule has 2 saturated heterocycles. The Kier molecular flexibility index (Phi) is 26.8. The molecule has 0 saturated carbocycles. The number of alkyl halides is 2. The van der Waals surface area contributed by atoms with Crippen LogP contribution in [0.25, 0.3) is 0 Å². The molecule has 4 bridgehead atoms. The fraction of sp³-hybridized carbons (Fsp3) is 0.597. The molecule has 0 aliphatic carbocycles. The SMILES string of the molecule is CO[C@@H]1/C=C/C=C(\C)Cc2cc(C)c(Cl)c(c2)N(C)C(=O)C[C@H](OC(=O)[C@H](C)N(C)C(=O)c2ccc(CC(=O)[C@H](CCCNC(N)=O)NC(=O)[C@@H](CC(=O)CCCCCOC(=O)C(CBr)CBr)C(C)C)cc2)[C@]2(C)O[C@H]2[C@H](C)[C@@H]2C[C@@]1(O)NC(=O)O2. The number of urea groups is 1. The predicted molar refractivity (Wildman–Crippen MR) is 331 cm³/mol. The summed E-state index contributed by atoms with van der Waals surface area (Å²) in [4.78, 5) is 123. The average molecular weight is 1350 g/mol. The van der Waals surface area contributed by atoms with E-state index in [-0.39, 0.29) is 86.6 Å². The highest BCUT2D eigenvalue weighted by atomic mass is 79.9. The van der Waals surface area contributed by atoms with Gasteiger partial charge in [0.25, 0.3) is 5.91 Å². The lowest BCUT2D eigenvalue weighted by atomic mass is 9.83. The van der Waals surface area contributed by atoms with Crippen LogP contribution >= 0.6 is 43.5 Å². The van der Waals surface area contributed by atoms with Crippen molar-refractivity contribution in [3.05, 3.63) is 87.5 Å². The number of methoxy groups -OCH3 is 1. The number of anilines is 1. The molecule has 6 amide bonds. The van der Waals surface area contributed by atoms with Crippen molar-refractivity contribution in [3.8, 4) is 0 Å². The van der Waals surface area contributed by atoms with Gasteiger partial charge >= 0.3 is 24.1 Å². The number of halogens is 3. The van der Waals surface area contributed by atoms with E-state index in [1.165, 1.54) is 43.0 Å². The second-order valence-corrected chi connectivity index (χ2v) is 25.0. The Morgan fingerprint density at radius 3 is 2.33 bits per heavy atom. The normalized spacial score (nSPS) is 24.3. The molecule has 10 atom stereocenters. The van der Waals surface area contributed by atoms with E-state index in [1.807, 2.05) is 45.9 Å². The van der Waals surface area contributed by atoms with E-state index in [4.69, 9.17) is 41.0 Å². The number of amides is 6. The highest BCUT2D eigenvalue weighted by Gasteiger charge is 2.64. The maximum absolute atomic E-state index is 14.5. The second-order valence-electron chi connectivity index (χ2n) is 23.3. The topological polar surface area (TPSA) is 292 Å². The smallest absolute Gasteiger partial charge is 0.409 e. The number of Topliss-reactive ketones (excluding diaryl/α,β-unsaturated/α-hetero) is 2. The highest BCUT2D eigenvalue weighted by molar-refractivity contribution is 9.09. The van der Waals surface area contributed by atoms with Gasteiger partial charge in [0.05, 0.1) is 41.8 Å². The van der Waals surface area contributed by atoms with E-state index in [0.29, 0.717) is 59.0 Å². The first kappa shape index (κ1) is 71.0. The molecule has 2 fully saturated rings. The van der Waals surface area contributed by atoms with Gasteiger partial charge in [-0.25, -0.2) is 14.4 Å². The van der Waals surface area contributed by atoms with E-state index >= 15 is 0 Å². The molecule has 6 N–H and O–H groups in total. The largest absolute Gasteiger partial charge is 0.465 e. The van der Waals surface area contributed by atoms with Crippen molar-refractivity contribution in [2.75, 3.05) is 49.9 Å². The molecule has 86 heavy (non-hydrogen) atoms. The number of hydrogen-bond acceptors (Lipinski definition) is 15. The third-order valence-corrected chi connectivity index (χ3v) is 18.4. The lowest BCUT2D eigenvalue weighted by molar-refractivity contribution is -0.158. The van der Waals surface area contributed by atoms with Crippen LogP contribution in [-0.2, 0) is 65.3 Å². The molecule has 0 radical (unpaired) electrons. The Morgan fingerprint density at radius 2 is 1.69 bits per heavy atom. The van der Waals surface area contributed by atoms with Gasteiger partial charge in [0, 0.05) is 81.5 Å². The minimum Gasteiger partial charge on any atom is -0.465 e. The van der Waals surface area contributed by atoms with Crippen LogP contribution < -0.4 is 26.6 Å². The Morgan fingerprint density at radius 1 is 1.00 bits per heavy atom. The summed E-state index contributed by atoms with van der Waals surface area (Å²) in [6.07, 6.45) is 2.71. The third kappa shape index (κ3) is 19.4. The number of esters is 2. The van der Waals surface area contributed by atoms with Crippen molar-refractivity contribution in [1.82, 2.24) is 20.9 Å². The minimum absolute atomic E-state index is 0.0323. The molecular weight excluding hydrogens is 1260 g/mol. The number of epoxide rings is 1. The zero-order valence-electron chi connectivity index (χ0n) is 50.8. The van der Waals surface area contributed by atoms with Crippen LogP contribution in [0.3, 0.4) is 0 Å². The Balaban J connectivity index is 1.29. The van der Waals surface area contributed by atoms with Crippen molar-refractivity contribution in [2.24, 2.45) is 29.4 Å². The molecule has 3 aliphatic heterocycles. The molecule has 0 aromatic heterocycles. The van der Waals surface area contributed by atoms with Gasteiger partial charge in [0.1, 0.15) is 35.7 Å². The molecule has 3 heterocycles. The standard InChI is InChI=1S/C62H85Br2ClN6O15/c1-35(2)45(30-44(72)17-12-11-13-25-83-58(78)43(33-63)34-64)55(75)68-46(18-15-24-67-59(66)79)48(73)29-40-20-22-42(23-21-40)56(76)70(8)39(6)57(77)85-51-31-52(74)71(9)47-28-41(27-37(4)53(47)65)26-36(3)16-14-19-50(82-10)62(81)32-49(84-60(80)69-62)38(5)54-61(51,7)86-54/h14,16,19-23,27-28,35,38-39,43,45-46,49-51,54,81H,11-13,15,17-18,24-26,29-34H2,1-10H3,(H,68,75)(H,69,80)(H3,66,67,79)/b19-14+,36-16+/t38-,39+,45+,46+,49+,50-,51+,54+,61+,62+/m1/s1. The molecule has 2 aromatic carbocycles. The summed E-state index contributed by atoms with van der Waals surface area (Å²) >= 11 is 13.5. The van der Waals surface area contributed by atoms with E-state index < -0.39 is 95.5 Å². The van der Waals surface area contributed by atoms with Crippen LogP contribution in [0.5, 0.6) is 0 Å². The monoisotopic (exact) mass is 1350 g/mol. The van der Waals surface area contributed by atoms with Crippen molar-refractivity contribution in [2.45, 2.75) is 167 Å². The van der Waals surface area contributed by atoms with E-state index in [2.05, 4.69) is 47.8 Å². The second kappa shape index (κ2) is 32.5. The molecule has 21 nitrogen and oxygen atoms in total. The number of carbonyl (C=O) groups excluding carboxylic acids is 9. The summed E-state index contributed by atoms with van der Waals surface area (Å²) in [5, 5.41) is 21.1. The van der Waals surface area contributed by atoms with Crippen molar-refractivity contribution in [3.63, 3.8) is 0 Å². The summed E-state index contributed by atoms with van der Waals surface area (Å²) in [6.45, 7) is 12.7. The molecular formula is C62H85Br2ClN6O15. The van der Waals surface area contributed by atoms with Gasteiger partial charge in [-0.3, -0.25) is 34.1 Å². The number of benzene rings is 2. The zero-order valence-corrected chi connectivity index (χ0v) is 54.8.